The third-order valence-corrected chi connectivity index (χ3v) is 6.92. The Bertz CT molecular complexity index is 1490. The number of hydrogen-bond acceptors (Lipinski definition) is 2. The smallest absolute Gasteiger partial charge is 0.210 e. The van der Waals surface area contributed by atoms with E-state index in [2.05, 4.69) is 50.8 Å². The number of hydrogen-bond donors (Lipinski definition) is 1. The minimum atomic E-state index is -0.236. The summed E-state index contributed by atoms with van der Waals surface area (Å²) in [6.45, 7) is 0. The van der Waals surface area contributed by atoms with Gasteiger partial charge in [-0.1, -0.05) is 82.1 Å². The predicted molar refractivity (Wildman–Crippen MR) is 145 cm³/mol. The first-order valence-corrected chi connectivity index (χ1v) is 12.5. The van der Waals surface area contributed by atoms with Crippen LogP contribution in [0.25, 0.3) is 16.7 Å². The summed E-state index contributed by atoms with van der Waals surface area (Å²) < 4.78 is 3.13. The van der Waals surface area contributed by atoms with Crippen molar-refractivity contribution in [3.8, 4) is 0 Å². The molecule has 5 aromatic rings. The highest BCUT2D eigenvalue weighted by molar-refractivity contribution is 9.10. The standard InChI is InChI=1S/C30H22BrClN2O/c31-23-15-12-21(13-16-23)25(20-29(35)24-9-3-4-10-26(24)32)30(34-18-6-1-7-19-34)28-17-14-22-8-2-5-11-27(22)33-28/h1-20,25,30H/p+1/b29-20-. The van der Waals surface area contributed by atoms with Gasteiger partial charge >= 0.3 is 0 Å². The molecule has 0 radical (unpaired) electrons. The van der Waals surface area contributed by atoms with E-state index in [-0.39, 0.29) is 17.7 Å². The summed E-state index contributed by atoms with van der Waals surface area (Å²) >= 11 is 9.97. The number of aliphatic hydroxyl groups is 1. The van der Waals surface area contributed by atoms with Crippen molar-refractivity contribution in [2.75, 3.05) is 0 Å². The minimum Gasteiger partial charge on any atom is -0.508 e. The molecule has 5 rings (SSSR count). The summed E-state index contributed by atoms with van der Waals surface area (Å²) in [5, 5.41) is 12.8. The Kier molecular flexibility index (Phi) is 6.94. The van der Waals surface area contributed by atoms with Gasteiger partial charge in [-0.2, -0.15) is 4.57 Å². The van der Waals surface area contributed by atoms with Crippen LogP contribution in [-0.4, -0.2) is 10.1 Å². The molecular formula is C30H23BrClN2O+. The van der Waals surface area contributed by atoms with Crippen molar-refractivity contribution in [1.82, 2.24) is 4.98 Å². The summed E-state index contributed by atoms with van der Waals surface area (Å²) in [5.74, 6) is -0.105. The lowest BCUT2D eigenvalue weighted by molar-refractivity contribution is -0.716. The van der Waals surface area contributed by atoms with Crippen LogP contribution < -0.4 is 4.57 Å². The Morgan fingerprint density at radius 3 is 2.31 bits per heavy atom. The first-order valence-electron chi connectivity index (χ1n) is 11.3. The van der Waals surface area contributed by atoms with Crippen LogP contribution in [0.4, 0.5) is 0 Å². The van der Waals surface area contributed by atoms with E-state index < -0.39 is 0 Å². The third kappa shape index (κ3) is 5.14. The quantitative estimate of drug-likeness (QED) is 0.175. The molecule has 2 heterocycles. The van der Waals surface area contributed by atoms with E-state index in [1.54, 1.807) is 6.07 Å². The number of pyridine rings is 2. The maximum atomic E-state index is 11.2. The number of benzene rings is 3. The van der Waals surface area contributed by atoms with E-state index in [1.807, 2.05) is 85.2 Å². The second kappa shape index (κ2) is 10.4. The Hall–Kier alpha value is -3.47. The molecule has 0 bridgehead atoms. The van der Waals surface area contributed by atoms with Gasteiger partial charge in [-0.25, -0.2) is 4.98 Å². The SMILES string of the molecule is O/C(=C\C(c1ccc(Br)cc1)C(c1ccc2ccccc2n1)[n+]1ccccc1)c1ccccc1Cl. The molecule has 35 heavy (non-hydrogen) atoms. The maximum Gasteiger partial charge on any atom is 0.210 e. The van der Waals surface area contributed by atoms with Gasteiger partial charge < -0.3 is 5.11 Å². The molecule has 0 fully saturated rings. The Morgan fingerprint density at radius 1 is 0.829 bits per heavy atom. The zero-order valence-corrected chi connectivity index (χ0v) is 21.1. The van der Waals surface area contributed by atoms with Crippen molar-refractivity contribution >= 4 is 44.2 Å². The third-order valence-electron chi connectivity index (χ3n) is 6.07. The molecule has 0 saturated heterocycles. The maximum absolute atomic E-state index is 11.2. The Balaban J connectivity index is 1.72. The second-order valence-corrected chi connectivity index (χ2v) is 9.63. The van der Waals surface area contributed by atoms with Gasteiger partial charge in [0.05, 0.1) is 16.5 Å². The van der Waals surface area contributed by atoms with Crippen molar-refractivity contribution < 1.29 is 9.67 Å². The number of aliphatic hydroxyl groups excluding tert-OH is 1. The van der Waals surface area contributed by atoms with E-state index in [4.69, 9.17) is 16.6 Å². The van der Waals surface area contributed by atoms with E-state index in [0.717, 1.165) is 26.6 Å². The number of nitrogens with zero attached hydrogens (tertiary/aromatic N) is 2. The molecule has 3 nitrogen and oxygen atoms in total. The lowest BCUT2D eigenvalue weighted by Gasteiger charge is -2.22. The predicted octanol–water partition coefficient (Wildman–Crippen LogP) is 7.91. The Morgan fingerprint density at radius 2 is 1.54 bits per heavy atom. The number of para-hydroxylation sites is 1. The molecule has 0 spiro atoms. The first kappa shape index (κ1) is 23.3. The lowest BCUT2D eigenvalue weighted by Crippen LogP contribution is -2.43. The van der Waals surface area contributed by atoms with Crippen LogP contribution in [0.2, 0.25) is 5.02 Å². The number of halogens is 2. The first-order chi connectivity index (χ1) is 17.1. The molecule has 172 valence electrons. The average Bonchev–Trinajstić information content (AvgIpc) is 2.89. The van der Waals surface area contributed by atoms with Crippen LogP contribution in [0.1, 0.15) is 28.8 Å². The van der Waals surface area contributed by atoms with Crippen molar-refractivity contribution in [3.63, 3.8) is 0 Å². The average molecular weight is 543 g/mol. The van der Waals surface area contributed by atoms with Crippen molar-refractivity contribution in [1.29, 1.82) is 0 Å². The summed E-state index contributed by atoms with van der Waals surface area (Å²) in [5.41, 5.74) is 3.47. The summed E-state index contributed by atoms with van der Waals surface area (Å²) in [6.07, 6.45) is 5.95. The van der Waals surface area contributed by atoms with E-state index in [1.165, 1.54) is 0 Å². The van der Waals surface area contributed by atoms with Crippen LogP contribution in [0.3, 0.4) is 0 Å². The van der Waals surface area contributed by atoms with Gasteiger partial charge in [0, 0.05) is 27.6 Å². The highest BCUT2D eigenvalue weighted by Gasteiger charge is 2.33. The van der Waals surface area contributed by atoms with Gasteiger partial charge in [0.15, 0.2) is 12.4 Å². The molecule has 0 saturated carbocycles. The fraction of sp³-hybridized carbons (Fsp3) is 0.0667. The van der Waals surface area contributed by atoms with Crippen LogP contribution >= 0.6 is 27.5 Å². The fourth-order valence-corrected chi connectivity index (χ4v) is 4.85. The van der Waals surface area contributed by atoms with Gasteiger partial charge in [0.25, 0.3) is 0 Å². The molecule has 1 N–H and O–H groups in total. The van der Waals surface area contributed by atoms with Gasteiger partial charge in [0.2, 0.25) is 6.04 Å². The second-order valence-electron chi connectivity index (χ2n) is 8.31. The van der Waals surface area contributed by atoms with Gasteiger partial charge in [-0.05, 0) is 48.0 Å². The zero-order valence-electron chi connectivity index (χ0n) is 18.8. The Labute approximate surface area is 218 Å². The van der Waals surface area contributed by atoms with Crippen molar-refractivity contribution in [2.24, 2.45) is 0 Å². The van der Waals surface area contributed by atoms with Gasteiger partial charge in [-0.15, -0.1) is 0 Å². The summed E-state index contributed by atoms with van der Waals surface area (Å²) in [7, 11) is 0. The van der Waals surface area contributed by atoms with E-state index >= 15 is 0 Å². The van der Waals surface area contributed by atoms with Crippen molar-refractivity contribution in [3.05, 3.63) is 148 Å². The van der Waals surface area contributed by atoms with Crippen LogP contribution in [0.15, 0.2) is 126 Å². The topological polar surface area (TPSA) is 37.0 Å². The van der Waals surface area contributed by atoms with Crippen LogP contribution in [-0.2, 0) is 0 Å². The molecule has 0 aliphatic rings. The zero-order chi connectivity index (χ0) is 24.2. The van der Waals surface area contributed by atoms with Crippen LogP contribution in [0.5, 0.6) is 0 Å². The van der Waals surface area contributed by atoms with E-state index in [0.29, 0.717) is 10.6 Å². The summed E-state index contributed by atoms with van der Waals surface area (Å²) in [6, 6.07) is 33.6. The molecule has 0 aliphatic heterocycles. The molecule has 2 atom stereocenters. The molecule has 0 amide bonds. The van der Waals surface area contributed by atoms with Crippen molar-refractivity contribution in [2.45, 2.75) is 12.0 Å². The highest BCUT2D eigenvalue weighted by atomic mass is 79.9. The van der Waals surface area contributed by atoms with E-state index in [9.17, 15) is 5.11 Å². The largest absolute Gasteiger partial charge is 0.508 e. The minimum absolute atomic E-state index is 0.130. The highest BCUT2D eigenvalue weighted by Crippen LogP contribution is 2.35. The molecule has 2 aromatic heterocycles. The number of rotatable bonds is 6. The fourth-order valence-electron chi connectivity index (χ4n) is 4.35. The number of fused-ring (bicyclic) bond motifs is 1. The molecule has 3 aromatic carbocycles. The number of aromatic nitrogens is 2. The monoisotopic (exact) mass is 541 g/mol. The van der Waals surface area contributed by atoms with Gasteiger partial charge in [-0.3, -0.25) is 0 Å². The molecule has 2 unspecified atom stereocenters. The number of allylic oxidation sites excluding steroid dienone is 1. The van der Waals surface area contributed by atoms with Gasteiger partial charge in [0.1, 0.15) is 11.5 Å². The molecular weight excluding hydrogens is 520 g/mol. The lowest BCUT2D eigenvalue weighted by atomic mass is 9.87. The van der Waals surface area contributed by atoms with Crippen LogP contribution in [0, 0.1) is 0 Å². The summed E-state index contributed by atoms with van der Waals surface area (Å²) in [4.78, 5) is 5.05. The normalized spacial score (nSPS) is 13.5. The molecule has 0 aliphatic carbocycles. The molecule has 5 heteroatoms.